The normalized spacial score (nSPS) is 14.2. The molecule has 0 saturated carbocycles. The summed E-state index contributed by atoms with van der Waals surface area (Å²) in [5.41, 5.74) is 2.38. The number of rotatable bonds is 8. The average molecular weight is 572 g/mol. The van der Waals surface area contributed by atoms with Gasteiger partial charge in [0.2, 0.25) is 5.95 Å². The summed E-state index contributed by atoms with van der Waals surface area (Å²) in [4.78, 5) is 26.1. The highest BCUT2D eigenvalue weighted by molar-refractivity contribution is 7.99. The predicted octanol–water partition coefficient (Wildman–Crippen LogP) is 6.70. The van der Waals surface area contributed by atoms with Crippen LogP contribution >= 0.6 is 11.8 Å². The summed E-state index contributed by atoms with van der Waals surface area (Å²) in [6.07, 6.45) is 1.36. The van der Waals surface area contributed by atoms with Crippen LogP contribution in [-0.4, -0.2) is 50.8 Å². The number of ether oxygens (including phenoxy) is 1. The van der Waals surface area contributed by atoms with Crippen LogP contribution in [0.5, 0.6) is 0 Å². The largest absolute Gasteiger partial charge is 0.444 e. The Morgan fingerprint density at radius 2 is 1.59 bits per heavy atom. The number of anilines is 2. The number of piperidine rings is 1. The van der Waals surface area contributed by atoms with Crippen molar-refractivity contribution in [2.45, 2.75) is 68.2 Å². The highest BCUT2D eigenvalue weighted by Crippen LogP contribution is 2.33. The molecular weight excluding hydrogens is 534 g/mol. The van der Waals surface area contributed by atoms with Gasteiger partial charge in [0.15, 0.2) is 0 Å². The molecule has 0 bridgehead atoms. The molecule has 1 fully saturated rings. The highest BCUT2D eigenvalue weighted by atomic mass is 32.2. The van der Waals surface area contributed by atoms with Gasteiger partial charge in [0.25, 0.3) is 0 Å². The maximum atomic E-state index is 12.5. The molecule has 0 atom stereocenters. The molecule has 1 aliphatic heterocycles. The number of aromatic nitrogens is 2. The van der Waals surface area contributed by atoms with E-state index in [0.29, 0.717) is 25.6 Å². The first-order valence-electron chi connectivity index (χ1n) is 14.0. The van der Waals surface area contributed by atoms with Crippen molar-refractivity contribution in [3.63, 3.8) is 0 Å². The lowest BCUT2D eigenvalue weighted by molar-refractivity contribution is 0.0210. The van der Waals surface area contributed by atoms with Crippen LogP contribution in [0.2, 0.25) is 0 Å². The van der Waals surface area contributed by atoms with Crippen LogP contribution in [0.4, 0.5) is 16.6 Å². The minimum Gasteiger partial charge on any atom is -0.444 e. The van der Waals surface area contributed by atoms with E-state index in [1.54, 1.807) is 16.7 Å². The van der Waals surface area contributed by atoms with Crippen molar-refractivity contribution >= 4 is 40.5 Å². The number of likely N-dealkylation sites (tertiary alicyclic amines) is 1. The van der Waals surface area contributed by atoms with Crippen LogP contribution in [0.3, 0.4) is 0 Å². The van der Waals surface area contributed by atoms with Crippen molar-refractivity contribution in [3.05, 3.63) is 83.9 Å². The molecular formula is C32H37N5O3S. The minimum absolute atomic E-state index is 0.00429. The zero-order chi connectivity index (χ0) is 28.8. The predicted molar refractivity (Wildman–Crippen MR) is 164 cm³/mol. The Bertz CT molecular complexity index is 1500. The summed E-state index contributed by atoms with van der Waals surface area (Å²) in [6, 6.07) is 24.3. The Balaban J connectivity index is 1.29. The van der Waals surface area contributed by atoms with E-state index in [9.17, 15) is 9.90 Å². The van der Waals surface area contributed by atoms with Crippen molar-refractivity contribution in [1.29, 1.82) is 0 Å². The third kappa shape index (κ3) is 7.48. The molecule has 214 valence electrons. The first kappa shape index (κ1) is 28.7. The number of aliphatic hydroxyl groups excluding tert-OH is 1. The molecule has 0 aliphatic carbocycles. The molecule has 0 radical (unpaired) electrons. The van der Waals surface area contributed by atoms with Crippen LogP contribution in [0.15, 0.2) is 82.6 Å². The minimum atomic E-state index is -0.501. The lowest BCUT2D eigenvalue weighted by Crippen LogP contribution is -2.44. The number of carbonyl (C=O) groups excluding carboxylic acids is 1. The number of aliphatic hydroxyl groups is 1. The van der Waals surface area contributed by atoms with Gasteiger partial charge >= 0.3 is 6.09 Å². The van der Waals surface area contributed by atoms with E-state index in [1.807, 2.05) is 81.4 Å². The molecule has 41 heavy (non-hydrogen) atoms. The van der Waals surface area contributed by atoms with Gasteiger partial charge in [0.05, 0.1) is 12.1 Å². The van der Waals surface area contributed by atoms with Gasteiger partial charge in [0, 0.05) is 40.9 Å². The fraction of sp³-hybridized carbons (Fsp3) is 0.344. The summed E-state index contributed by atoms with van der Waals surface area (Å²) in [5.74, 6) is 1.33. The Morgan fingerprint density at radius 1 is 0.951 bits per heavy atom. The maximum Gasteiger partial charge on any atom is 0.410 e. The molecule has 3 N–H and O–H groups in total. The Hall–Kier alpha value is -3.82. The molecule has 1 aromatic heterocycles. The molecule has 9 heteroatoms. The van der Waals surface area contributed by atoms with Crippen molar-refractivity contribution in [1.82, 2.24) is 14.9 Å². The van der Waals surface area contributed by atoms with Crippen LogP contribution in [-0.2, 0) is 17.9 Å². The fourth-order valence-electron chi connectivity index (χ4n) is 4.77. The zero-order valence-electron chi connectivity index (χ0n) is 23.8. The molecule has 1 saturated heterocycles. The molecule has 8 nitrogen and oxygen atoms in total. The SMILES string of the molecule is CC(C)(C)OC(=O)N1CCC(Nc2nc(NCc3ccccc3Sc3ccccc3CO)nc3ccccc23)CC1. The van der Waals surface area contributed by atoms with Gasteiger partial charge in [-0.2, -0.15) is 4.98 Å². The molecule has 2 heterocycles. The first-order chi connectivity index (χ1) is 19.8. The van der Waals surface area contributed by atoms with Crippen molar-refractivity contribution < 1.29 is 14.6 Å². The van der Waals surface area contributed by atoms with E-state index in [1.165, 1.54) is 0 Å². The number of fused-ring (bicyclic) bond motifs is 1. The second-order valence-electron chi connectivity index (χ2n) is 11.1. The Kier molecular flexibility index (Phi) is 8.95. The standard InChI is InChI=1S/C32H37N5O3S/c1-32(2,3)40-31(39)37-18-16-24(17-19-37)34-29-25-12-6-7-13-26(25)35-30(36-29)33-20-22-10-4-8-14-27(22)41-28-15-9-5-11-23(28)21-38/h4-15,24,38H,16-21H2,1-3H3,(H2,33,34,35,36). The Labute approximate surface area is 245 Å². The van der Waals surface area contributed by atoms with Crippen LogP contribution in [0, 0.1) is 0 Å². The van der Waals surface area contributed by atoms with Crippen molar-refractivity contribution in [3.8, 4) is 0 Å². The van der Waals surface area contributed by atoms with E-state index < -0.39 is 5.60 Å². The lowest BCUT2D eigenvalue weighted by Gasteiger charge is -2.34. The van der Waals surface area contributed by atoms with Crippen LogP contribution in [0.25, 0.3) is 10.9 Å². The van der Waals surface area contributed by atoms with Gasteiger partial charge in [0.1, 0.15) is 11.4 Å². The summed E-state index contributed by atoms with van der Waals surface area (Å²) >= 11 is 1.64. The summed E-state index contributed by atoms with van der Waals surface area (Å²) in [7, 11) is 0. The monoisotopic (exact) mass is 571 g/mol. The van der Waals surface area contributed by atoms with E-state index in [0.717, 1.165) is 50.5 Å². The second-order valence-corrected chi connectivity index (χ2v) is 12.2. The number of para-hydroxylation sites is 1. The van der Waals surface area contributed by atoms with E-state index in [-0.39, 0.29) is 18.7 Å². The highest BCUT2D eigenvalue weighted by Gasteiger charge is 2.27. The van der Waals surface area contributed by atoms with E-state index >= 15 is 0 Å². The fourth-order valence-corrected chi connectivity index (χ4v) is 5.83. The van der Waals surface area contributed by atoms with E-state index in [4.69, 9.17) is 14.7 Å². The number of benzene rings is 3. The van der Waals surface area contributed by atoms with E-state index in [2.05, 4.69) is 22.8 Å². The lowest BCUT2D eigenvalue weighted by atomic mass is 10.1. The smallest absolute Gasteiger partial charge is 0.410 e. The average Bonchev–Trinajstić information content (AvgIpc) is 2.96. The van der Waals surface area contributed by atoms with Gasteiger partial charge in [-0.1, -0.05) is 60.3 Å². The summed E-state index contributed by atoms with van der Waals surface area (Å²) in [5, 5.41) is 17.8. The molecule has 5 rings (SSSR count). The first-order valence-corrected chi connectivity index (χ1v) is 14.8. The summed E-state index contributed by atoms with van der Waals surface area (Å²) in [6.45, 7) is 7.49. The molecule has 1 aliphatic rings. The van der Waals surface area contributed by atoms with Crippen LogP contribution < -0.4 is 10.6 Å². The third-order valence-corrected chi connectivity index (χ3v) is 8.10. The van der Waals surface area contributed by atoms with Crippen molar-refractivity contribution in [2.75, 3.05) is 23.7 Å². The number of hydrogen-bond donors (Lipinski definition) is 3. The second kappa shape index (κ2) is 12.8. The Morgan fingerprint density at radius 3 is 2.29 bits per heavy atom. The molecule has 0 spiro atoms. The number of nitrogens with one attached hydrogen (secondary N) is 2. The molecule has 1 amide bonds. The topological polar surface area (TPSA) is 99.6 Å². The number of nitrogens with zero attached hydrogens (tertiary/aromatic N) is 3. The number of carbonyl (C=O) groups is 1. The van der Waals surface area contributed by atoms with Gasteiger partial charge in [-0.3, -0.25) is 0 Å². The van der Waals surface area contributed by atoms with Crippen molar-refractivity contribution in [2.24, 2.45) is 0 Å². The quantitative estimate of drug-likeness (QED) is 0.215. The summed E-state index contributed by atoms with van der Waals surface area (Å²) < 4.78 is 5.55. The zero-order valence-corrected chi connectivity index (χ0v) is 24.6. The number of amides is 1. The molecule has 3 aromatic carbocycles. The third-order valence-electron chi connectivity index (χ3n) is 6.86. The molecule has 4 aromatic rings. The molecule has 0 unspecified atom stereocenters. The van der Waals surface area contributed by atoms with Gasteiger partial charge in [-0.15, -0.1) is 0 Å². The van der Waals surface area contributed by atoms with Gasteiger partial charge < -0.3 is 25.4 Å². The maximum absolute atomic E-state index is 12.5. The number of hydrogen-bond acceptors (Lipinski definition) is 8. The van der Waals surface area contributed by atoms with Gasteiger partial charge in [-0.05, 0) is 69.0 Å². The van der Waals surface area contributed by atoms with Gasteiger partial charge in [-0.25, -0.2) is 9.78 Å². The van der Waals surface area contributed by atoms with Crippen LogP contribution in [0.1, 0.15) is 44.7 Å².